The molecular weight excluding hydrogens is 172 g/mol. The van der Waals surface area contributed by atoms with Gasteiger partial charge in [0.05, 0.1) is 0 Å². The molecule has 1 aromatic rings. The Morgan fingerprint density at radius 2 is 1.93 bits per heavy atom. The largest absolute Gasteiger partial charge is 0.398 e. The van der Waals surface area contributed by atoms with Crippen molar-refractivity contribution >= 4 is 11.4 Å². The molecule has 0 saturated carbocycles. The van der Waals surface area contributed by atoms with E-state index in [2.05, 4.69) is 13.8 Å². The molecule has 1 aliphatic rings. The molecule has 0 fully saturated rings. The number of benzene rings is 1. The summed E-state index contributed by atoms with van der Waals surface area (Å²) in [5.74, 6) is 0. The molecule has 0 spiro atoms. The predicted octanol–water partition coefficient (Wildman–Crippen LogP) is 2.38. The molecule has 4 N–H and O–H groups in total. The molecule has 0 aromatic heterocycles. The lowest BCUT2D eigenvalue weighted by molar-refractivity contribution is 0.523. The minimum atomic E-state index is 0.194. The van der Waals surface area contributed by atoms with Gasteiger partial charge in [-0.3, -0.25) is 0 Å². The van der Waals surface area contributed by atoms with Gasteiger partial charge in [-0.1, -0.05) is 13.8 Å². The first kappa shape index (κ1) is 9.38. The number of anilines is 2. The van der Waals surface area contributed by atoms with Gasteiger partial charge in [-0.2, -0.15) is 0 Å². The molecule has 1 aliphatic carbocycles. The van der Waals surface area contributed by atoms with Crippen LogP contribution in [0.15, 0.2) is 6.07 Å². The fraction of sp³-hybridized carbons (Fsp3) is 0.500. The zero-order valence-corrected chi connectivity index (χ0v) is 9.15. The van der Waals surface area contributed by atoms with Crippen molar-refractivity contribution in [2.45, 2.75) is 39.0 Å². The lowest BCUT2D eigenvalue weighted by Crippen LogP contribution is -2.15. The van der Waals surface area contributed by atoms with Crippen molar-refractivity contribution in [3.05, 3.63) is 22.8 Å². The molecule has 0 atom stereocenters. The highest BCUT2D eigenvalue weighted by Crippen LogP contribution is 2.45. The number of aryl methyl sites for hydroxylation is 1. The summed E-state index contributed by atoms with van der Waals surface area (Å²) >= 11 is 0. The van der Waals surface area contributed by atoms with Crippen LogP contribution in [0.1, 0.15) is 37.0 Å². The zero-order chi connectivity index (χ0) is 10.5. The second-order valence-corrected chi connectivity index (χ2v) is 4.93. The molecule has 0 amide bonds. The van der Waals surface area contributed by atoms with Crippen LogP contribution >= 0.6 is 0 Å². The Kier molecular flexibility index (Phi) is 1.78. The van der Waals surface area contributed by atoms with Gasteiger partial charge < -0.3 is 11.5 Å². The molecule has 0 radical (unpaired) electrons. The van der Waals surface area contributed by atoms with Crippen molar-refractivity contribution in [3.63, 3.8) is 0 Å². The second-order valence-electron chi connectivity index (χ2n) is 4.93. The Morgan fingerprint density at radius 3 is 2.57 bits per heavy atom. The third-order valence-electron chi connectivity index (χ3n) is 3.39. The van der Waals surface area contributed by atoms with Crippen LogP contribution in [0.4, 0.5) is 11.4 Å². The van der Waals surface area contributed by atoms with Crippen LogP contribution in [0.25, 0.3) is 0 Å². The molecule has 0 bridgehead atoms. The fourth-order valence-electron chi connectivity index (χ4n) is 2.51. The van der Waals surface area contributed by atoms with Gasteiger partial charge in [-0.05, 0) is 47.9 Å². The van der Waals surface area contributed by atoms with E-state index in [1.54, 1.807) is 0 Å². The van der Waals surface area contributed by atoms with Crippen LogP contribution in [-0.2, 0) is 11.8 Å². The van der Waals surface area contributed by atoms with E-state index in [0.717, 1.165) is 29.8 Å². The quantitative estimate of drug-likeness (QED) is 0.617. The first-order chi connectivity index (χ1) is 6.43. The maximum absolute atomic E-state index is 6.12. The Balaban J connectivity index is 2.75. The smallest absolute Gasteiger partial charge is 0.0386 e. The molecular formula is C12H18N2. The van der Waals surface area contributed by atoms with E-state index in [1.807, 2.05) is 13.0 Å². The number of fused-ring (bicyclic) bond motifs is 1. The predicted molar refractivity (Wildman–Crippen MR) is 61.4 cm³/mol. The minimum absolute atomic E-state index is 0.194. The van der Waals surface area contributed by atoms with Crippen molar-refractivity contribution in [2.24, 2.45) is 0 Å². The third kappa shape index (κ3) is 1.10. The minimum Gasteiger partial charge on any atom is -0.398 e. The summed E-state index contributed by atoms with van der Waals surface area (Å²) < 4.78 is 0. The van der Waals surface area contributed by atoms with Crippen LogP contribution in [0.2, 0.25) is 0 Å². The summed E-state index contributed by atoms with van der Waals surface area (Å²) in [4.78, 5) is 0. The summed E-state index contributed by atoms with van der Waals surface area (Å²) in [5, 5.41) is 0. The molecule has 0 heterocycles. The Bertz CT molecular complexity index is 392. The first-order valence-electron chi connectivity index (χ1n) is 5.11. The monoisotopic (exact) mass is 190 g/mol. The molecule has 0 unspecified atom stereocenters. The summed E-state index contributed by atoms with van der Waals surface area (Å²) in [6.45, 7) is 6.52. The van der Waals surface area contributed by atoms with Crippen molar-refractivity contribution in [2.75, 3.05) is 11.5 Å². The van der Waals surface area contributed by atoms with Gasteiger partial charge in [0.1, 0.15) is 0 Å². The topological polar surface area (TPSA) is 52.0 Å². The molecule has 14 heavy (non-hydrogen) atoms. The van der Waals surface area contributed by atoms with Crippen molar-refractivity contribution in [1.29, 1.82) is 0 Å². The molecule has 0 aliphatic heterocycles. The molecule has 76 valence electrons. The number of nitrogen functional groups attached to an aromatic ring is 2. The molecule has 2 rings (SSSR count). The first-order valence-corrected chi connectivity index (χ1v) is 5.11. The van der Waals surface area contributed by atoms with E-state index in [-0.39, 0.29) is 5.41 Å². The number of hydrogen-bond acceptors (Lipinski definition) is 2. The van der Waals surface area contributed by atoms with E-state index >= 15 is 0 Å². The number of rotatable bonds is 0. The second kappa shape index (κ2) is 2.66. The van der Waals surface area contributed by atoms with Crippen molar-refractivity contribution in [3.8, 4) is 0 Å². The molecule has 1 aromatic carbocycles. The van der Waals surface area contributed by atoms with E-state index in [9.17, 15) is 0 Å². The van der Waals surface area contributed by atoms with Gasteiger partial charge in [0.2, 0.25) is 0 Å². The normalized spacial score (nSPS) is 18.2. The Hall–Kier alpha value is -1.18. The van der Waals surface area contributed by atoms with Crippen LogP contribution in [-0.4, -0.2) is 0 Å². The standard InChI is InChI=1S/C12H18N2/c1-7-6-9(13)8-4-5-12(2,3)10(8)11(7)14/h6H,4-5,13-14H2,1-3H3. The van der Waals surface area contributed by atoms with Crippen LogP contribution in [0.5, 0.6) is 0 Å². The van der Waals surface area contributed by atoms with Gasteiger partial charge in [0.25, 0.3) is 0 Å². The lowest BCUT2D eigenvalue weighted by atomic mass is 9.84. The summed E-state index contributed by atoms with van der Waals surface area (Å²) in [7, 11) is 0. The van der Waals surface area contributed by atoms with Crippen molar-refractivity contribution < 1.29 is 0 Å². The van der Waals surface area contributed by atoms with Crippen LogP contribution in [0, 0.1) is 6.92 Å². The van der Waals surface area contributed by atoms with E-state index in [0.29, 0.717) is 0 Å². The van der Waals surface area contributed by atoms with Crippen LogP contribution < -0.4 is 11.5 Å². The summed E-state index contributed by atoms with van der Waals surface area (Å²) in [5.41, 5.74) is 17.9. The SMILES string of the molecule is Cc1cc(N)c2c(c1N)C(C)(C)CC2. The fourth-order valence-corrected chi connectivity index (χ4v) is 2.51. The number of nitrogens with two attached hydrogens (primary N) is 2. The van der Waals surface area contributed by atoms with Gasteiger partial charge in [-0.15, -0.1) is 0 Å². The molecule has 0 saturated heterocycles. The Labute approximate surface area is 85.3 Å². The highest BCUT2D eigenvalue weighted by molar-refractivity contribution is 5.69. The van der Waals surface area contributed by atoms with Gasteiger partial charge in [-0.25, -0.2) is 0 Å². The Morgan fingerprint density at radius 1 is 1.29 bits per heavy atom. The van der Waals surface area contributed by atoms with Gasteiger partial charge >= 0.3 is 0 Å². The molecule has 2 nitrogen and oxygen atoms in total. The lowest BCUT2D eigenvalue weighted by Gasteiger charge is -2.22. The highest BCUT2D eigenvalue weighted by atomic mass is 14.6. The maximum atomic E-state index is 6.12. The van der Waals surface area contributed by atoms with E-state index in [1.165, 1.54) is 11.1 Å². The van der Waals surface area contributed by atoms with Crippen LogP contribution in [0.3, 0.4) is 0 Å². The molecule has 2 heteroatoms. The summed E-state index contributed by atoms with van der Waals surface area (Å²) in [6.07, 6.45) is 2.22. The summed E-state index contributed by atoms with van der Waals surface area (Å²) in [6, 6.07) is 2.00. The van der Waals surface area contributed by atoms with Gasteiger partial charge in [0, 0.05) is 11.4 Å². The van der Waals surface area contributed by atoms with Gasteiger partial charge in [0.15, 0.2) is 0 Å². The van der Waals surface area contributed by atoms with Crippen molar-refractivity contribution in [1.82, 2.24) is 0 Å². The zero-order valence-electron chi connectivity index (χ0n) is 9.15. The van der Waals surface area contributed by atoms with E-state index in [4.69, 9.17) is 11.5 Å². The highest BCUT2D eigenvalue weighted by Gasteiger charge is 2.33. The average Bonchev–Trinajstić information content (AvgIpc) is 2.38. The third-order valence-corrected chi connectivity index (χ3v) is 3.39. The number of hydrogen-bond donors (Lipinski definition) is 2. The maximum Gasteiger partial charge on any atom is 0.0386 e. The van der Waals surface area contributed by atoms with E-state index < -0.39 is 0 Å². The average molecular weight is 190 g/mol.